The summed E-state index contributed by atoms with van der Waals surface area (Å²) in [5.41, 5.74) is 0. The van der Waals surface area contributed by atoms with E-state index in [1.54, 1.807) is 0 Å². The monoisotopic (exact) mass is 394 g/mol. The van der Waals surface area contributed by atoms with Gasteiger partial charge in [-0.05, 0) is 38.8 Å². The van der Waals surface area contributed by atoms with Crippen molar-refractivity contribution in [2.75, 3.05) is 46.8 Å². The molecule has 0 saturated carbocycles. The van der Waals surface area contributed by atoms with Crippen molar-refractivity contribution in [1.29, 1.82) is 0 Å². The molecular weight excluding hydrogens is 363 g/mol. The molecule has 5 heteroatoms. The highest BCUT2D eigenvalue weighted by Gasteiger charge is 2.10. The summed E-state index contributed by atoms with van der Waals surface area (Å²) in [4.78, 5) is 9.07. The Morgan fingerprint density at radius 2 is 2.05 bits per heavy atom. The Balaban J connectivity index is 0.00000361. The normalized spacial score (nSPS) is 16.4. The predicted molar refractivity (Wildman–Crippen MR) is 99.1 cm³/mol. The second-order valence-electron chi connectivity index (χ2n) is 5.23. The van der Waals surface area contributed by atoms with Gasteiger partial charge in [0.15, 0.2) is 5.96 Å². The molecule has 20 heavy (non-hydrogen) atoms. The largest absolute Gasteiger partial charge is 0.355 e. The van der Waals surface area contributed by atoms with Crippen LogP contribution in [0.25, 0.3) is 0 Å². The Morgan fingerprint density at radius 1 is 1.35 bits per heavy atom. The standard InChI is InChI=1S/C15H30N4.HI/c1-4-5-7-11-18(3)15(16-2)17-10-14-19-12-8-6-9-13-19;/h4H,1,5-14H2,2-3H3,(H,16,17);1H. The van der Waals surface area contributed by atoms with Gasteiger partial charge in [0, 0.05) is 33.7 Å². The lowest BCUT2D eigenvalue weighted by molar-refractivity contribution is 0.231. The van der Waals surface area contributed by atoms with E-state index in [2.05, 4.69) is 33.7 Å². The maximum atomic E-state index is 4.34. The third kappa shape index (κ3) is 8.09. The van der Waals surface area contributed by atoms with Crippen molar-refractivity contribution >= 4 is 29.9 Å². The van der Waals surface area contributed by atoms with Crippen LogP contribution in [0, 0.1) is 0 Å². The van der Waals surface area contributed by atoms with Crippen LogP contribution in [0.3, 0.4) is 0 Å². The van der Waals surface area contributed by atoms with Crippen LogP contribution in [0.1, 0.15) is 32.1 Å². The van der Waals surface area contributed by atoms with Crippen molar-refractivity contribution < 1.29 is 0 Å². The van der Waals surface area contributed by atoms with E-state index in [1.165, 1.54) is 32.4 Å². The van der Waals surface area contributed by atoms with Gasteiger partial charge in [-0.2, -0.15) is 0 Å². The minimum Gasteiger partial charge on any atom is -0.355 e. The number of guanidine groups is 1. The molecule has 0 aromatic heterocycles. The van der Waals surface area contributed by atoms with Crippen LogP contribution in [0.4, 0.5) is 0 Å². The molecule has 0 bridgehead atoms. The summed E-state index contributed by atoms with van der Waals surface area (Å²) in [6.07, 6.45) is 8.28. The number of nitrogens with zero attached hydrogens (tertiary/aromatic N) is 3. The Morgan fingerprint density at radius 3 is 2.65 bits per heavy atom. The second-order valence-corrected chi connectivity index (χ2v) is 5.23. The van der Waals surface area contributed by atoms with Crippen molar-refractivity contribution in [2.24, 2.45) is 4.99 Å². The van der Waals surface area contributed by atoms with Crippen LogP contribution in [0.15, 0.2) is 17.6 Å². The van der Waals surface area contributed by atoms with E-state index < -0.39 is 0 Å². The molecule has 0 aromatic rings. The van der Waals surface area contributed by atoms with E-state index in [4.69, 9.17) is 0 Å². The Labute approximate surface area is 141 Å². The van der Waals surface area contributed by atoms with Gasteiger partial charge in [0.1, 0.15) is 0 Å². The van der Waals surface area contributed by atoms with Gasteiger partial charge in [-0.25, -0.2) is 0 Å². The zero-order valence-electron chi connectivity index (χ0n) is 13.1. The molecule has 1 rings (SSSR count). The third-order valence-corrected chi connectivity index (χ3v) is 3.63. The number of piperidine rings is 1. The van der Waals surface area contributed by atoms with Crippen LogP contribution in [0.2, 0.25) is 0 Å². The first-order valence-corrected chi connectivity index (χ1v) is 7.53. The topological polar surface area (TPSA) is 30.9 Å². The first kappa shape index (κ1) is 19.7. The summed E-state index contributed by atoms with van der Waals surface area (Å²) >= 11 is 0. The molecular formula is C15H31IN4. The van der Waals surface area contributed by atoms with Crippen LogP contribution in [0.5, 0.6) is 0 Å². The Hall–Kier alpha value is -0.300. The van der Waals surface area contributed by atoms with Gasteiger partial charge in [0.05, 0.1) is 0 Å². The van der Waals surface area contributed by atoms with Crippen molar-refractivity contribution in [2.45, 2.75) is 32.1 Å². The number of nitrogens with one attached hydrogen (secondary N) is 1. The summed E-state index contributed by atoms with van der Waals surface area (Å²) in [6, 6.07) is 0. The van der Waals surface area contributed by atoms with Crippen molar-refractivity contribution in [3.05, 3.63) is 12.7 Å². The fraction of sp³-hybridized carbons (Fsp3) is 0.800. The molecule has 0 unspecified atom stereocenters. The molecule has 0 aliphatic carbocycles. The highest BCUT2D eigenvalue weighted by atomic mass is 127. The van der Waals surface area contributed by atoms with Crippen LogP contribution < -0.4 is 5.32 Å². The highest BCUT2D eigenvalue weighted by molar-refractivity contribution is 14.0. The average Bonchev–Trinajstić information content (AvgIpc) is 2.45. The molecule has 0 amide bonds. The van der Waals surface area contributed by atoms with Crippen LogP contribution >= 0.6 is 24.0 Å². The van der Waals surface area contributed by atoms with Crippen LogP contribution in [-0.2, 0) is 0 Å². The van der Waals surface area contributed by atoms with Gasteiger partial charge in [0.25, 0.3) is 0 Å². The zero-order chi connectivity index (χ0) is 13.9. The van der Waals surface area contributed by atoms with Crippen LogP contribution in [-0.4, -0.2) is 62.6 Å². The number of hydrogen-bond acceptors (Lipinski definition) is 2. The molecule has 0 aromatic carbocycles. The summed E-state index contributed by atoms with van der Waals surface area (Å²) < 4.78 is 0. The van der Waals surface area contributed by atoms with Crippen molar-refractivity contribution in [3.8, 4) is 0 Å². The van der Waals surface area contributed by atoms with Gasteiger partial charge in [0.2, 0.25) is 0 Å². The van der Waals surface area contributed by atoms with E-state index in [-0.39, 0.29) is 24.0 Å². The number of likely N-dealkylation sites (tertiary alicyclic amines) is 1. The molecule has 1 aliphatic rings. The van der Waals surface area contributed by atoms with E-state index in [0.29, 0.717) is 0 Å². The molecule has 0 atom stereocenters. The zero-order valence-corrected chi connectivity index (χ0v) is 15.4. The van der Waals surface area contributed by atoms with Gasteiger partial charge in [-0.1, -0.05) is 12.5 Å². The number of allylic oxidation sites excluding steroid dienone is 1. The fourth-order valence-corrected chi connectivity index (χ4v) is 2.47. The molecule has 4 nitrogen and oxygen atoms in total. The number of unbranched alkanes of at least 4 members (excludes halogenated alkanes) is 1. The lowest BCUT2D eigenvalue weighted by atomic mass is 10.1. The molecule has 0 radical (unpaired) electrons. The van der Waals surface area contributed by atoms with Gasteiger partial charge in [-0.15, -0.1) is 30.6 Å². The molecule has 1 aliphatic heterocycles. The number of aliphatic imine (C=N–C) groups is 1. The molecule has 1 fully saturated rings. The Bertz CT molecular complexity index is 275. The maximum Gasteiger partial charge on any atom is 0.193 e. The predicted octanol–water partition coefficient (Wildman–Crippen LogP) is 2.56. The summed E-state index contributed by atoms with van der Waals surface area (Å²) in [7, 11) is 3.95. The number of rotatable bonds is 7. The minimum atomic E-state index is 0. The minimum absolute atomic E-state index is 0. The quantitative estimate of drug-likeness (QED) is 0.237. The second kappa shape index (κ2) is 12.4. The lowest BCUT2D eigenvalue weighted by Gasteiger charge is -2.28. The van der Waals surface area contributed by atoms with E-state index in [0.717, 1.165) is 38.4 Å². The number of hydrogen-bond donors (Lipinski definition) is 1. The SMILES string of the molecule is C=CCCCN(C)C(=NC)NCCN1CCCCC1.I. The van der Waals surface area contributed by atoms with Gasteiger partial charge >= 0.3 is 0 Å². The van der Waals surface area contributed by atoms with Gasteiger partial charge in [-0.3, -0.25) is 4.99 Å². The first-order chi connectivity index (χ1) is 9.27. The first-order valence-electron chi connectivity index (χ1n) is 7.53. The average molecular weight is 394 g/mol. The smallest absolute Gasteiger partial charge is 0.193 e. The fourth-order valence-electron chi connectivity index (χ4n) is 2.47. The summed E-state index contributed by atoms with van der Waals surface area (Å²) in [5, 5.41) is 3.45. The molecule has 118 valence electrons. The van der Waals surface area contributed by atoms with E-state index in [1.807, 2.05) is 13.1 Å². The van der Waals surface area contributed by atoms with Gasteiger partial charge < -0.3 is 15.1 Å². The molecule has 0 spiro atoms. The summed E-state index contributed by atoms with van der Waals surface area (Å²) in [5.74, 6) is 1.00. The summed E-state index contributed by atoms with van der Waals surface area (Å²) in [6.45, 7) is 9.41. The van der Waals surface area contributed by atoms with Crippen molar-refractivity contribution in [3.63, 3.8) is 0 Å². The molecule has 1 saturated heterocycles. The third-order valence-electron chi connectivity index (χ3n) is 3.63. The van der Waals surface area contributed by atoms with E-state index in [9.17, 15) is 0 Å². The maximum absolute atomic E-state index is 4.34. The van der Waals surface area contributed by atoms with Crippen molar-refractivity contribution in [1.82, 2.24) is 15.1 Å². The van der Waals surface area contributed by atoms with E-state index >= 15 is 0 Å². The molecule has 1 N–H and O–H groups in total. The highest BCUT2D eigenvalue weighted by Crippen LogP contribution is 2.07. The number of halogens is 1. The lowest BCUT2D eigenvalue weighted by Crippen LogP contribution is -2.43. The Kier molecular flexibility index (Phi) is 12.3. The molecule has 1 heterocycles.